The van der Waals surface area contributed by atoms with Crippen LogP contribution < -0.4 is 9.47 Å². The van der Waals surface area contributed by atoms with Gasteiger partial charge in [0.25, 0.3) is 0 Å². The zero-order chi connectivity index (χ0) is 21.6. The van der Waals surface area contributed by atoms with Gasteiger partial charge in [-0.25, -0.2) is 9.79 Å². The molecule has 0 aromatic heterocycles. The van der Waals surface area contributed by atoms with Crippen LogP contribution in [-0.2, 0) is 16.0 Å². The fourth-order valence-corrected chi connectivity index (χ4v) is 3.59. The van der Waals surface area contributed by atoms with Gasteiger partial charge in [-0.3, -0.25) is 0 Å². The van der Waals surface area contributed by atoms with E-state index in [0.717, 1.165) is 22.0 Å². The number of rotatable bonds is 7. The molecule has 1 heterocycles. The number of carbonyl (C=O) groups is 1. The maximum Gasteiger partial charge on any atom is 0.363 e. The van der Waals surface area contributed by atoms with Crippen LogP contribution in [0.5, 0.6) is 11.5 Å². The molecule has 0 bridgehead atoms. The molecule has 4 rings (SSSR count). The lowest BCUT2D eigenvalue weighted by atomic mass is 10.1. The van der Waals surface area contributed by atoms with Gasteiger partial charge in [0.15, 0.2) is 17.2 Å². The van der Waals surface area contributed by atoms with Gasteiger partial charge in [0.2, 0.25) is 5.90 Å². The molecule has 1 aliphatic rings. The Morgan fingerprint density at radius 1 is 1.00 bits per heavy atom. The number of nitrogens with zero attached hydrogens (tertiary/aromatic N) is 1. The summed E-state index contributed by atoms with van der Waals surface area (Å²) in [6.45, 7) is 0.534. The first-order chi connectivity index (χ1) is 15.1. The van der Waals surface area contributed by atoms with E-state index in [1.807, 2.05) is 60.7 Å². The molecule has 3 aromatic carbocycles. The van der Waals surface area contributed by atoms with Gasteiger partial charge in [0.1, 0.15) is 0 Å². The normalized spacial score (nSPS) is 14.3. The predicted octanol–water partition coefficient (Wildman–Crippen LogP) is 5.42. The van der Waals surface area contributed by atoms with Crippen LogP contribution in [0.15, 0.2) is 88.0 Å². The number of carbonyl (C=O) groups excluding carboxylic acids is 1. The molecule has 0 N–H and O–H groups in total. The van der Waals surface area contributed by atoms with Gasteiger partial charge in [-0.1, -0.05) is 48.5 Å². The molecule has 1 aliphatic heterocycles. The summed E-state index contributed by atoms with van der Waals surface area (Å²) in [6.07, 6.45) is 2.47. The fraction of sp³-hybridized carbons (Fsp3) is 0.120. The minimum atomic E-state index is -0.493. The molecule has 6 heteroatoms. The lowest BCUT2D eigenvalue weighted by Gasteiger charge is -2.11. The van der Waals surface area contributed by atoms with Crippen LogP contribution in [-0.4, -0.2) is 25.6 Å². The van der Waals surface area contributed by atoms with Crippen molar-refractivity contribution >= 4 is 33.9 Å². The summed E-state index contributed by atoms with van der Waals surface area (Å²) >= 11 is 3.45. The monoisotopic (exact) mass is 477 g/mol. The van der Waals surface area contributed by atoms with Gasteiger partial charge in [-0.2, -0.15) is 0 Å². The van der Waals surface area contributed by atoms with Gasteiger partial charge in [0.05, 0.1) is 19.3 Å². The van der Waals surface area contributed by atoms with Crippen molar-refractivity contribution < 1.29 is 19.0 Å². The van der Waals surface area contributed by atoms with Crippen molar-refractivity contribution in [3.8, 4) is 11.5 Å². The molecule has 0 saturated heterocycles. The maximum absolute atomic E-state index is 12.3. The summed E-state index contributed by atoms with van der Waals surface area (Å²) in [7, 11) is 1.59. The topological polar surface area (TPSA) is 57.1 Å². The van der Waals surface area contributed by atoms with E-state index in [-0.39, 0.29) is 11.6 Å². The summed E-state index contributed by atoms with van der Waals surface area (Å²) in [6, 6.07) is 23.1. The molecule has 0 amide bonds. The summed E-state index contributed by atoms with van der Waals surface area (Å²) in [4.78, 5) is 16.7. The largest absolute Gasteiger partial charge is 0.493 e. The molecule has 0 radical (unpaired) electrons. The molecule has 0 saturated carbocycles. The van der Waals surface area contributed by atoms with Crippen molar-refractivity contribution in [2.24, 2.45) is 4.99 Å². The number of aliphatic imine (C=N–C) groups is 1. The van der Waals surface area contributed by atoms with Gasteiger partial charge < -0.3 is 14.2 Å². The maximum atomic E-state index is 12.3. The number of hydrogen-bond donors (Lipinski definition) is 0. The molecular weight excluding hydrogens is 458 g/mol. The number of cyclic esters (lactones) is 1. The van der Waals surface area contributed by atoms with Gasteiger partial charge in [0, 0.05) is 10.9 Å². The predicted molar refractivity (Wildman–Crippen MR) is 123 cm³/mol. The zero-order valence-electron chi connectivity index (χ0n) is 16.9. The lowest BCUT2D eigenvalue weighted by molar-refractivity contribution is -0.129. The van der Waals surface area contributed by atoms with Crippen LogP contribution in [0.2, 0.25) is 0 Å². The Balaban J connectivity index is 1.50. The highest BCUT2D eigenvalue weighted by molar-refractivity contribution is 9.10. The Labute approximate surface area is 189 Å². The Hall–Kier alpha value is -3.38. The van der Waals surface area contributed by atoms with Crippen LogP contribution in [0.1, 0.15) is 16.7 Å². The smallest absolute Gasteiger partial charge is 0.363 e. The third kappa shape index (κ3) is 5.03. The number of ether oxygens (including phenoxy) is 3. The molecule has 31 heavy (non-hydrogen) atoms. The highest BCUT2D eigenvalue weighted by atomic mass is 79.9. The lowest BCUT2D eigenvalue weighted by Crippen LogP contribution is -2.05. The van der Waals surface area contributed by atoms with Gasteiger partial charge >= 0.3 is 5.97 Å². The number of hydrogen-bond acceptors (Lipinski definition) is 5. The Morgan fingerprint density at radius 2 is 1.77 bits per heavy atom. The third-order valence-corrected chi connectivity index (χ3v) is 5.40. The van der Waals surface area contributed by atoms with Crippen molar-refractivity contribution in [2.45, 2.75) is 6.42 Å². The SMILES string of the molecule is COc1cc(/C=C2\N=C(c3ccccc3Br)OC2=O)ccc1OCCc1ccccc1. The fourth-order valence-electron chi connectivity index (χ4n) is 3.13. The molecule has 0 fully saturated rings. The molecular formula is C25H20BrNO4. The third-order valence-electron chi connectivity index (χ3n) is 4.71. The van der Waals surface area contributed by atoms with Crippen LogP contribution in [0.4, 0.5) is 0 Å². The van der Waals surface area contributed by atoms with Crippen molar-refractivity contribution in [3.05, 3.63) is 99.7 Å². The standard InChI is InChI=1S/C25H20BrNO4/c1-29-23-16-18(11-12-22(23)30-14-13-17-7-3-2-4-8-17)15-21-25(28)31-24(27-21)19-9-5-6-10-20(19)26/h2-12,15-16H,13-14H2,1H3/b21-15-. The Kier molecular flexibility index (Phi) is 6.48. The average Bonchev–Trinajstić information content (AvgIpc) is 3.15. The molecule has 0 aliphatic carbocycles. The quantitative estimate of drug-likeness (QED) is 0.336. The van der Waals surface area contributed by atoms with E-state index in [4.69, 9.17) is 14.2 Å². The van der Waals surface area contributed by atoms with E-state index < -0.39 is 5.97 Å². The van der Waals surface area contributed by atoms with Crippen molar-refractivity contribution in [1.82, 2.24) is 0 Å². The molecule has 0 unspecified atom stereocenters. The van der Waals surface area contributed by atoms with Crippen molar-refractivity contribution in [2.75, 3.05) is 13.7 Å². The van der Waals surface area contributed by atoms with Crippen LogP contribution in [0.3, 0.4) is 0 Å². The zero-order valence-corrected chi connectivity index (χ0v) is 18.5. The summed E-state index contributed by atoms with van der Waals surface area (Å²) in [5.41, 5.74) is 2.92. The summed E-state index contributed by atoms with van der Waals surface area (Å²) in [5.74, 6) is 1.01. The van der Waals surface area contributed by atoms with E-state index in [9.17, 15) is 4.79 Å². The second kappa shape index (κ2) is 9.62. The van der Waals surface area contributed by atoms with E-state index in [1.165, 1.54) is 5.56 Å². The first kappa shape index (κ1) is 20.9. The van der Waals surface area contributed by atoms with Gasteiger partial charge in [-0.15, -0.1) is 0 Å². The van der Waals surface area contributed by atoms with E-state index in [0.29, 0.717) is 18.1 Å². The Morgan fingerprint density at radius 3 is 2.55 bits per heavy atom. The van der Waals surface area contributed by atoms with Gasteiger partial charge in [-0.05, 0) is 57.4 Å². The number of esters is 1. The summed E-state index contributed by atoms with van der Waals surface area (Å²) < 4.78 is 17.5. The minimum absolute atomic E-state index is 0.227. The first-order valence-corrected chi connectivity index (χ1v) is 10.6. The number of halogens is 1. The highest BCUT2D eigenvalue weighted by Crippen LogP contribution is 2.30. The second-order valence-electron chi connectivity index (χ2n) is 6.81. The highest BCUT2D eigenvalue weighted by Gasteiger charge is 2.25. The van der Waals surface area contributed by atoms with Crippen LogP contribution in [0.25, 0.3) is 6.08 Å². The second-order valence-corrected chi connectivity index (χ2v) is 7.66. The molecule has 0 atom stereocenters. The van der Waals surface area contributed by atoms with Crippen molar-refractivity contribution in [1.29, 1.82) is 0 Å². The van der Waals surface area contributed by atoms with Crippen molar-refractivity contribution in [3.63, 3.8) is 0 Å². The van der Waals surface area contributed by atoms with Crippen LogP contribution >= 0.6 is 15.9 Å². The number of benzene rings is 3. The number of methoxy groups -OCH3 is 1. The van der Waals surface area contributed by atoms with E-state index in [1.54, 1.807) is 13.2 Å². The Bertz CT molecular complexity index is 1160. The van der Waals surface area contributed by atoms with E-state index in [2.05, 4.69) is 33.1 Å². The molecule has 156 valence electrons. The molecule has 5 nitrogen and oxygen atoms in total. The molecule has 0 spiro atoms. The van der Waals surface area contributed by atoms with Crippen LogP contribution in [0, 0.1) is 0 Å². The molecule has 3 aromatic rings. The summed E-state index contributed by atoms with van der Waals surface area (Å²) in [5, 5.41) is 0. The average molecular weight is 478 g/mol. The first-order valence-electron chi connectivity index (χ1n) is 9.76. The van der Waals surface area contributed by atoms with E-state index >= 15 is 0 Å². The minimum Gasteiger partial charge on any atom is -0.493 e.